The number of nitrogens with zero attached hydrogens (tertiary/aromatic N) is 1. The summed E-state index contributed by atoms with van der Waals surface area (Å²) in [5.41, 5.74) is 1.08. The maximum atomic E-state index is 11.8. The quantitative estimate of drug-likeness (QED) is 0.707. The molecule has 5 nitrogen and oxygen atoms in total. The molecule has 0 heterocycles. The molecule has 1 unspecified atom stereocenters. The Morgan fingerprint density at radius 1 is 1.39 bits per heavy atom. The molecule has 1 aromatic rings. The number of nitrogens with one attached hydrogen (secondary N) is 2. The van der Waals surface area contributed by atoms with E-state index in [9.17, 15) is 9.59 Å². The minimum Gasteiger partial charge on any atom is -0.344 e. The molecular weight excluding hydrogens is 250 g/mol. The first-order valence-electron chi connectivity index (χ1n) is 5.26. The van der Waals surface area contributed by atoms with Crippen LogP contribution in [0.1, 0.15) is 12.5 Å². The van der Waals surface area contributed by atoms with Crippen LogP contribution in [-0.2, 0) is 9.59 Å². The van der Waals surface area contributed by atoms with Crippen molar-refractivity contribution >= 4 is 30.1 Å². The Balaban J connectivity index is 2.67. The standard InChI is InChI=1S/C12H13N3O2S/c1-8(16)14-11(7-18)12(17)15-10-4-2-9(6-13)3-5-10/h2-5,11,18H,7H2,1H3,(H,14,16)(H,15,17). The van der Waals surface area contributed by atoms with Gasteiger partial charge in [0, 0.05) is 18.4 Å². The molecule has 6 heteroatoms. The van der Waals surface area contributed by atoms with Crippen molar-refractivity contribution in [2.45, 2.75) is 13.0 Å². The summed E-state index contributed by atoms with van der Waals surface area (Å²) in [4.78, 5) is 22.7. The van der Waals surface area contributed by atoms with Gasteiger partial charge in [-0.25, -0.2) is 0 Å². The number of benzene rings is 1. The molecule has 0 spiro atoms. The number of nitriles is 1. The van der Waals surface area contributed by atoms with Crippen LogP contribution in [0.2, 0.25) is 0 Å². The van der Waals surface area contributed by atoms with Crippen LogP contribution >= 0.6 is 12.6 Å². The molecule has 94 valence electrons. The van der Waals surface area contributed by atoms with Gasteiger partial charge in [0.25, 0.3) is 0 Å². The molecule has 0 radical (unpaired) electrons. The van der Waals surface area contributed by atoms with Gasteiger partial charge in [-0.3, -0.25) is 9.59 Å². The van der Waals surface area contributed by atoms with Gasteiger partial charge in [-0.2, -0.15) is 17.9 Å². The molecular formula is C12H13N3O2S. The van der Waals surface area contributed by atoms with E-state index in [0.29, 0.717) is 11.3 Å². The first-order valence-corrected chi connectivity index (χ1v) is 5.89. The number of hydrogen-bond donors (Lipinski definition) is 3. The lowest BCUT2D eigenvalue weighted by atomic mass is 10.2. The lowest BCUT2D eigenvalue weighted by Gasteiger charge is -2.15. The molecule has 0 aliphatic carbocycles. The highest BCUT2D eigenvalue weighted by Gasteiger charge is 2.17. The average Bonchev–Trinajstić information content (AvgIpc) is 2.36. The van der Waals surface area contributed by atoms with E-state index in [2.05, 4.69) is 23.3 Å². The Bertz CT molecular complexity index is 479. The van der Waals surface area contributed by atoms with Crippen molar-refractivity contribution in [3.05, 3.63) is 29.8 Å². The van der Waals surface area contributed by atoms with Crippen LogP contribution in [0.4, 0.5) is 5.69 Å². The SMILES string of the molecule is CC(=O)NC(CS)C(=O)Nc1ccc(C#N)cc1. The predicted molar refractivity (Wildman–Crippen MR) is 71.2 cm³/mol. The molecule has 1 atom stereocenters. The van der Waals surface area contributed by atoms with Crippen LogP contribution in [0.15, 0.2) is 24.3 Å². The first-order chi connectivity index (χ1) is 8.56. The Morgan fingerprint density at radius 3 is 2.44 bits per heavy atom. The minimum absolute atomic E-state index is 0.210. The number of hydrogen-bond acceptors (Lipinski definition) is 4. The van der Waals surface area contributed by atoms with Gasteiger partial charge in [-0.05, 0) is 24.3 Å². The van der Waals surface area contributed by atoms with E-state index in [-0.39, 0.29) is 17.6 Å². The van der Waals surface area contributed by atoms with Gasteiger partial charge < -0.3 is 10.6 Å². The van der Waals surface area contributed by atoms with Gasteiger partial charge in [0.05, 0.1) is 11.6 Å². The summed E-state index contributed by atoms with van der Waals surface area (Å²) in [6, 6.07) is 7.76. The van der Waals surface area contributed by atoms with Crippen LogP contribution in [0.3, 0.4) is 0 Å². The van der Waals surface area contributed by atoms with Crippen molar-refractivity contribution < 1.29 is 9.59 Å². The van der Waals surface area contributed by atoms with Gasteiger partial charge in [0.1, 0.15) is 6.04 Å². The maximum Gasteiger partial charge on any atom is 0.247 e. The molecule has 18 heavy (non-hydrogen) atoms. The van der Waals surface area contributed by atoms with Gasteiger partial charge >= 0.3 is 0 Å². The second-order valence-electron chi connectivity index (χ2n) is 3.61. The number of anilines is 1. The molecule has 1 rings (SSSR count). The molecule has 0 aliphatic rings. The van der Waals surface area contributed by atoms with Crippen LogP contribution in [0.5, 0.6) is 0 Å². The largest absolute Gasteiger partial charge is 0.344 e. The van der Waals surface area contributed by atoms with E-state index in [1.165, 1.54) is 6.92 Å². The molecule has 0 bridgehead atoms. The van der Waals surface area contributed by atoms with E-state index in [1.54, 1.807) is 24.3 Å². The molecule has 2 amide bonds. The lowest BCUT2D eigenvalue weighted by Crippen LogP contribution is -2.44. The molecule has 0 saturated heterocycles. The number of amides is 2. The van der Waals surface area contributed by atoms with E-state index in [0.717, 1.165) is 0 Å². The van der Waals surface area contributed by atoms with E-state index >= 15 is 0 Å². The highest BCUT2D eigenvalue weighted by molar-refractivity contribution is 7.80. The molecule has 0 aliphatic heterocycles. The van der Waals surface area contributed by atoms with Crippen molar-refractivity contribution in [3.8, 4) is 6.07 Å². The fourth-order valence-electron chi connectivity index (χ4n) is 1.30. The minimum atomic E-state index is -0.679. The Kier molecular flexibility index (Phi) is 5.21. The Morgan fingerprint density at radius 2 is 2.00 bits per heavy atom. The second kappa shape index (κ2) is 6.67. The Labute approximate surface area is 111 Å². The van der Waals surface area contributed by atoms with Crippen LogP contribution in [0, 0.1) is 11.3 Å². The highest BCUT2D eigenvalue weighted by atomic mass is 32.1. The van der Waals surface area contributed by atoms with Crippen molar-refractivity contribution in [1.29, 1.82) is 5.26 Å². The van der Waals surface area contributed by atoms with Crippen molar-refractivity contribution in [3.63, 3.8) is 0 Å². The maximum absolute atomic E-state index is 11.8. The molecule has 1 aromatic carbocycles. The van der Waals surface area contributed by atoms with Crippen molar-refractivity contribution in [1.82, 2.24) is 5.32 Å². The summed E-state index contributed by atoms with van der Waals surface area (Å²) in [7, 11) is 0. The third-order valence-electron chi connectivity index (χ3n) is 2.16. The summed E-state index contributed by atoms with van der Waals surface area (Å²) in [5, 5.41) is 13.8. The zero-order valence-electron chi connectivity index (χ0n) is 9.80. The van der Waals surface area contributed by atoms with E-state index in [1.807, 2.05) is 6.07 Å². The first kappa shape index (κ1) is 14.1. The van der Waals surface area contributed by atoms with Gasteiger partial charge in [0.15, 0.2) is 0 Å². The fourth-order valence-corrected chi connectivity index (χ4v) is 1.55. The number of thiol groups is 1. The summed E-state index contributed by atoms with van der Waals surface area (Å²) in [6.45, 7) is 1.34. The van der Waals surface area contributed by atoms with Gasteiger partial charge in [0.2, 0.25) is 11.8 Å². The smallest absolute Gasteiger partial charge is 0.247 e. The number of rotatable bonds is 4. The molecule has 0 fully saturated rings. The molecule has 2 N–H and O–H groups in total. The van der Waals surface area contributed by atoms with Crippen molar-refractivity contribution in [2.24, 2.45) is 0 Å². The van der Waals surface area contributed by atoms with Crippen LogP contribution in [0.25, 0.3) is 0 Å². The Hall–Kier alpha value is -2.00. The summed E-state index contributed by atoms with van der Waals surface area (Å²) < 4.78 is 0. The van der Waals surface area contributed by atoms with Crippen LogP contribution < -0.4 is 10.6 Å². The highest BCUT2D eigenvalue weighted by Crippen LogP contribution is 2.09. The zero-order chi connectivity index (χ0) is 13.5. The summed E-state index contributed by atoms with van der Waals surface area (Å²) >= 11 is 4.01. The normalized spacial score (nSPS) is 11.2. The van der Waals surface area contributed by atoms with Crippen molar-refractivity contribution in [2.75, 3.05) is 11.1 Å². The topological polar surface area (TPSA) is 82.0 Å². The number of carbonyl (C=O) groups excluding carboxylic acids is 2. The van der Waals surface area contributed by atoms with E-state index < -0.39 is 6.04 Å². The molecule has 0 aromatic heterocycles. The third-order valence-corrected chi connectivity index (χ3v) is 2.52. The summed E-state index contributed by atoms with van der Waals surface area (Å²) in [6.07, 6.45) is 0. The van der Waals surface area contributed by atoms with Gasteiger partial charge in [-0.15, -0.1) is 0 Å². The molecule has 0 saturated carbocycles. The summed E-state index contributed by atoms with van der Waals surface area (Å²) in [5.74, 6) is -0.421. The number of carbonyl (C=O) groups is 2. The third kappa shape index (κ3) is 4.11. The second-order valence-corrected chi connectivity index (χ2v) is 3.98. The fraction of sp³-hybridized carbons (Fsp3) is 0.250. The predicted octanol–water partition coefficient (Wildman–Crippen LogP) is 0.931. The average molecular weight is 263 g/mol. The lowest BCUT2D eigenvalue weighted by molar-refractivity contribution is -0.124. The zero-order valence-corrected chi connectivity index (χ0v) is 10.7. The van der Waals surface area contributed by atoms with Crippen LogP contribution in [-0.4, -0.2) is 23.6 Å². The monoisotopic (exact) mass is 263 g/mol. The van der Waals surface area contributed by atoms with Gasteiger partial charge in [-0.1, -0.05) is 0 Å². The van der Waals surface area contributed by atoms with E-state index in [4.69, 9.17) is 5.26 Å².